The average molecular weight is 364 g/mol. The molecule has 2 N–H and O–H groups in total. The third-order valence-electron chi connectivity index (χ3n) is 4.25. The lowest BCUT2D eigenvalue weighted by Crippen LogP contribution is -2.26. The number of nitrogens with zero attached hydrogens (tertiary/aromatic N) is 2. The lowest BCUT2D eigenvalue weighted by molar-refractivity contribution is 0.0949. The molecule has 3 aromatic rings. The first-order valence-electron chi connectivity index (χ1n) is 9.09. The van der Waals surface area contributed by atoms with Gasteiger partial charge in [0.2, 0.25) is 5.82 Å². The third-order valence-corrected chi connectivity index (χ3v) is 4.25. The van der Waals surface area contributed by atoms with Gasteiger partial charge in [0.25, 0.3) is 11.8 Å². The molecule has 3 rings (SSSR count). The van der Waals surface area contributed by atoms with E-state index >= 15 is 0 Å². The second-order valence-electron chi connectivity index (χ2n) is 7.00. The number of hydrogen-bond acceptors (Lipinski definition) is 3. The SMILES string of the molecule is Cc1cccc(NC(=O)c2nc(C(=O)NCCC(C)C)c3ccccn23)c1. The number of fused-ring (bicyclic) bond motifs is 1. The molecular formula is C21H24N4O2. The molecule has 0 atom stereocenters. The van der Waals surface area contributed by atoms with Crippen molar-refractivity contribution in [2.75, 3.05) is 11.9 Å². The summed E-state index contributed by atoms with van der Waals surface area (Å²) in [5.41, 5.74) is 2.60. The van der Waals surface area contributed by atoms with Crippen molar-refractivity contribution in [1.82, 2.24) is 14.7 Å². The normalized spacial score (nSPS) is 11.0. The summed E-state index contributed by atoms with van der Waals surface area (Å²) in [6, 6.07) is 13.0. The van der Waals surface area contributed by atoms with Crippen molar-refractivity contribution < 1.29 is 9.59 Å². The van der Waals surface area contributed by atoms with E-state index in [4.69, 9.17) is 0 Å². The fourth-order valence-electron chi connectivity index (χ4n) is 2.83. The van der Waals surface area contributed by atoms with Crippen LogP contribution in [0.25, 0.3) is 5.52 Å². The highest BCUT2D eigenvalue weighted by Crippen LogP contribution is 2.16. The summed E-state index contributed by atoms with van der Waals surface area (Å²) in [6.07, 6.45) is 2.62. The fraction of sp³-hybridized carbons (Fsp3) is 0.286. The molecule has 0 fully saturated rings. The van der Waals surface area contributed by atoms with Gasteiger partial charge in [0.05, 0.1) is 5.52 Å². The number of anilines is 1. The van der Waals surface area contributed by atoms with Crippen molar-refractivity contribution in [1.29, 1.82) is 0 Å². The highest BCUT2D eigenvalue weighted by molar-refractivity contribution is 6.06. The Hall–Kier alpha value is -3.15. The zero-order valence-electron chi connectivity index (χ0n) is 15.8. The summed E-state index contributed by atoms with van der Waals surface area (Å²) in [5.74, 6) is 0.0535. The monoisotopic (exact) mass is 364 g/mol. The van der Waals surface area contributed by atoms with Crippen LogP contribution in [0.15, 0.2) is 48.7 Å². The molecule has 140 valence electrons. The number of aryl methyl sites for hydroxylation is 1. The van der Waals surface area contributed by atoms with Crippen LogP contribution in [-0.4, -0.2) is 27.7 Å². The Labute approximate surface area is 158 Å². The molecule has 6 nitrogen and oxygen atoms in total. The van der Waals surface area contributed by atoms with Gasteiger partial charge in [0, 0.05) is 18.4 Å². The number of hydrogen-bond donors (Lipinski definition) is 2. The predicted octanol–water partition coefficient (Wildman–Crippen LogP) is 3.67. The standard InChI is InChI=1S/C21H24N4O2/c1-14(2)10-11-22-20(26)18-17-9-4-5-12-25(17)19(24-18)21(27)23-16-8-6-7-15(3)13-16/h4-9,12-14H,10-11H2,1-3H3,(H,22,26)(H,23,27). The number of carbonyl (C=O) groups is 2. The molecule has 6 heteroatoms. The molecule has 1 aromatic carbocycles. The molecule has 0 unspecified atom stereocenters. The first-order valence-corrected chi connectivity index (χ1v) is 9.09. The highest BCUT2D eigenvalue weighted by Gasteiger charge is 2.21. The first-order chi connectivity index (χ1) is 13.0. The quantitative estimate of drug-likeness (QED) is 0.701. The number of nitrogens with one attached hydrogen (secondary N) is 2. The van der Waals surface area contributed by atoms with Gasteiger partial charge in [-0.05, 0) is 49.1 Å². The number of imidazole rings is 1. The molecule has 0 saturated heterocycles. The molecule has 2 heterocycles. The van der Waals surface area contributed by atoms with Crippen molar-refractivity contribution in [3.05, 3.63) is 65.7 Å². The summed E-state index contributed by atoms with van der Waals surface area (Å²) < 4.78 is 1.64. The van der Waals surface area contributed by atoms with Crippen molar-refractivity contribution in [3.8, 4) is 0 Å². The van der Waals surface area contributed by atoms with Crippen molar-refractivity contribution in [2.24, 2.45) is 5.92 Å². The average Bonchev–Trinajstić information content (AvgIpc) is 3.01. The Morgan fingerprint density at radius 3 is 2.67 bits per heavy atom. The van der Waals surface area contributed by atoms with Crippen molar-refractivity contribution in [3.63, 3.8) is 0 Å². The molecule has 0 radical (unpaired) electrons. The molecule has 2 aromatic heterocycles. The van der Waals surface area contributed by atoms with Crippen LogP contribution in [0.5, 0.6) is 0 Å². The molecule has 0 aliphatic heterocycles. The Kier molecular flexibility index (Phi) is 5.54. The van der Waals surface area contributed by atoms with E-state index in [1.54, 1.807) is 22.7 Å². The first kappa shape index (κ1) is 18.6. The molecule has 2 amide bonds. The van der Waals surface area contributed by atoms with Crippen LogP contribution in [0.1, 0.15) is 46.9 Å². The second kappa shape index (κ2) is 8.03. The van der Waals surface area contributed by atoms with Gasteiger partial charge in [-0.3, -0.25) is 14.0 Å². The van der Waals surface area contributed by atoms with Gasteiger partial charge in [0.1, 0.15) is 0 Å². The second-order valence-corrected chi connectivity index (χ2v) is 7.00. The Morgan fingerprint density at radius 2 is 1.93 bits per heavy atom. The lowest BCUT2D eigenvalue weighted by Gasteiger charge is -2.05. The van der Waals surface area contributed by atoms with Gasteiger partial charge < -0.3 is 10.6 Å². The summed E-state index contributed by atoms with van der Waals surface area (Å²) in [5, 5.41) is 5.73. The van der Waals surface area contributed by atoms with Crippen LogP contribution in [0.3, 0.4) is 0 Å². The molecule has 0 bridgehead atoms. The molecule has 0 spiro atoms. The van der Waals surface area contributed by atoms with Crippen LogP contribution in [0.2, 0.25) is 0 Å². The largest absolute Gasteiger partial charge is 0.351 e. The minimum absolute atomic E-state index is 0.182. The van der Waals surface area contributed by atoms with E-state index in [9.17, 15) is 9.59 Å². The maximum atomic E-state index is 12.8. The number of benzene rings is 1. The van der Waals surface area contributed by atoms with Gasteiger partial charge in [-0.1, -0.05) is 32.0 Å². The van der Waals surface area contributed by atoms with Gasteiger partial charge in [-0.15, -0.1) is 0 Å². The minimum Gasteiger partial charge on any atom is -0.351 e. The summed E-state index contributed by atoms with van der Waals surface area (Å²) in [4.78, 5) is 29.7. The molecule has 0 aliphatic rings. The van der Waals surface area contributed by atoms with E-state index in [1.807, 2.05) is 37.3 Å². The molecular weight excluding hydrogens is 340 g/mol. The Balaban J connectivity index is 1.87. The number of carbonyl (C=O) groups excluding carboxylic acids is 2. The van der Waals surface area contributed by atoms with E-state index in [2.05, 4.69) is 29.5 Å². The zero-order chi connectivity index (χ0) is 19.4. The van der Waals surface area contributed by atoms with Crippen LogP contribution < -0.4 is 10.6 Å². The van der Waals surface area contributed by atoms with E-state index in [0.29, 0.717) is 23.7 Å². The maximum absolute atomic E-state index is 12.8. The Bertz CT molecular complexity index is 975. The van der Waals surface area contributed by atoms with E-state index in [1.165, 1.54) is 0 Å². The minimum atomic E-state index is -0.358. The van der Waals surface area contributed by atoms with Crippen molar-refractivity contribution in [2.45, 2.75) is 27.2 Å². The molecule has 0 aliphatic carbocycles. The van der Waals surface area contributed by atoms with Crippen LogP contribution >= 0.6 is 0 Å². The van der Waals surface area contributed by atoms with Gasteiger partial charge in [-0.2, -0.15) is 0 Å². The predicted molar refractivity (Wildman–Crippen MR) is 106 cm³/mol. The van der Waals surface area contributed by atoms with Gasteiger partial charge in [0.15, 0.2) is 5.69 Å². The number of aromatic nitrogens is 2. The smallest absolute Gasteiger partial charge is 0.292 e. The summed E-state index contributed by atoms with van der Waals surface area (Å²) >= 11 is 0. The summed E-state index contributed by atoms with van der Waals surface area (Å²) in [7, 11) is 0. The number of rotatable bonds is 6. The highest BCUT2D eigenvalue weighted by atomic mass is 16.2. The topological polar surface area (TPSA) is 75.5 Å². The zero-order valence-corrected chi connectivity index (χ0v) is 15.8. The number of pyridine rings is 1. The van der Waals surface area contributed by atoms with Crippen molar-refractivity contribution >= 4 is 23.0 Å². The van der Waals surface area contributed by atoms with Crippen LogP contribution in [0.4, 0.5) is 5.69 Å². The summed E-state index contributed by atoms with van der Waals surface area (Å²) in [6.45, 7) is 6.74. The van der Waals surface area contributed by atoms with Crippen LogP contribution in [0, 0.1) is 12.8 Å². The van der Waals surface area contributed by atoms with E-state index in [-0.39, 0.29) is 23.3 Å². The van der Waals surface area contributed by atoms with Crippen LogP contribution in [-0.2, 0) is 0 Å². The van der Waals surface area contributed by atoms with E-state index < -0.39 is 0 Å². The van der Waals surface area contributed by atoms with E-state index in [0.717, 1.165) is 12.0 Å². The molecule has 27 heavy (non-hydrogen) atoms. The Morgan fingerprint density at radius 1 is 1.11 bits per heavy atom. The number of amides is 2. The lowest BCUT2D eigenvalue weighted by atomic mass is 10.1. The van der Waals surface area contributed by atoms with Gasteiger partial charge in [-0.25, -0.2) is 4.98 Å². The maximum Gasteiger partial charge on any atom is 0.292 e. The third kappa shape index (κ3) is 4.34. The molecule has 0 saturated carbocycles. The van der Waals surface area contributed by atoms with Gasteiger partial charge >= 0.3 is 0 Å². The fourth-order valence-corrected chi connectivity index (χ4v) is 2.83.